The van der Waals surface area contributed by atoms with Crippen molar-refractivity contribution in [3.63, 3.8) is 0 Å². The summed E-state index contributed by atoms with van der Waals surface area (Å²) in [4.78, 5) is 26.4. The quantitative estimate of drug-likeness (QED) is 0.868. The summed E-state index contributed by atoms with van der Waals surface area (Å²) in [6, 6.07) is 5.34. The van der Waals surface area contributed by atoms with Gasteiger partial charge in [0, 0.05) is 23.0 Å². The topological polar surface area (TPSA) is 63.4 Å². The van der Waals surface area contributed by atoms with Crippen molar-refractivity contribution in [1.82, 2.24) is 4.90 Å². The molecule has 2 rings (SSSR count). The van der Waals surface area contributed by atoms with Crippen LogP contribution in [-0.4, -0.2) is 35.6 Å². The van der Waals surface area contributed by atoms with Gasteiger partial charge in [-0.15, -0.1) is 11.8 Å². The van der Waals surface area contributed by atoms with Crippen molar-refractivity contribution in [2.45, 2.75) is 18.2 Å². The number of hydrogen-bond donors (Lipinski definition) is 1. The third kappa shape index (κ3) is 3.27. The number of rotatable bonds is 4. The molecular formula is C14H17ClN2O2S. The van der Waals surface area contributed by atoms with Gasteiger partial charge in [0.1, 0.15) is 0 Å². The Labute approximate surface area is 127 Å². The van der Waals surface area contributed by atoms with E-state index in [0.717, 1.165) is 10.6 Å². The van der Waals surface area contributed by atoms with Crippen molar-refractivity contribution >= 4 is 35.2 Å². The van der Waals surface area contributed by atoms with Gasteiger partial charge in [-0.3, -0.25) is 9.59 Å². The number of carbonyl (C=O) groups is 2. The van der Waals surface area contributed by atoms with Crippen molar-refractivity contribution in [2.24, 2.45) is 11.7 Å². The molecule has 1 atom stereocenters. The number of nitrogens with two attached hydrogens (primary N) is 1. The molecule has 0 saturated carbocycles. The van der Waals surface area contributed by atoms with Gasteiger partial charge < -0.3 is 10.6 Å². The van der Waals surface area contributed by atoms with Crippen LogP contribution >= 0.6 is 23.4 Å². The van der Waals surface area contributed by atoms with Crippen molar-refractivity contribution in [1.29, 1.82) is 0 Å². The first-order chi connectivity index (χ1) is 9.52. The first-order valence-corrected chi connectivity index (χ1v) is 7.90. The Morgan fingerprint density at radius 3 is 2.85 bits per heavy atom. The monoisotopic (exact) mass is 312 g/mol. The lowest BCUT2D eigenvalue weighted by Crippen LogP contribution is -2.32. The van der Waals surface area contributed by atoms with Gasteiger partial charge in [0.15, 0.2) is 0 Å². The number of benzene rings is 1. The summed E-state index contributed by atoms with van der Waals surface area (Å²) in [7, 11) is 0. The average molecular weight is 313 g/mol. The van der Waals surface area contributed by atoms with E-state index in [1.165, 1.54) is 0 Å². The van der Waals surface area contributed by atoms with E-state index in [9.17, 15) is 9.59 Å². The van der Waals surface area contributed by atoms with Gasteiger partial charge in [-0.05, 0) is 30.4 Å². The minimum absolute atomic E-state index is 0.0767. The summed E-state index contributed by atoms with van der Waals surface area (Å²) in [5.41, 5.74) is 5.90. The number of halogens is 1. The molecule has 1 heterocycles. The van der Waals surface area contributed by atoms with Crippen molar-refractivity contribution in [2.75, 3.05) is 18.8 Å². The van der Waals surface area contributed by atoms with Gasteiger partial charge in [0.2, 0.25) is 5.91 Å². The molecular weight excluding hydrogens is 296 g/mol. The number of carbonyl (C=O) groups excluding carboxylic acids is 2. The van der Waals surface area contributed by atoms with Crippen LogP contribution in [0.3, 0.4) is 0 Å². The summed E-state index contributed by atoms with van der Waals surface area (Å²) < 4.78 is 0. The molecule has 0 aliphatic carbocycles. The molecule has 4 nitrogen and oxygen atoms in total. The van der Waals surface area contributed by atoms with Gasteiger partial charge in [0.25, 0.3) is 5.91 Å². The first kappa shape index (κ1) is 15.2. The predicted octanol–water partition coefficient (Wildman–Crippen LogP) is 2.40. The summed E-state index contributed by atoms with van der Waals surface area (Å²) >= 11 is 7.60. The van der Waals surface area contributed by atoms with Crippen LogP contribution in [0.2, 0.25) is 5.02 Å². The van der Waals surface area contributed by atoms with Gasteiger partial charge in [-0.25, -0.2) is 0 Å². The second kappa shape index (κ2) is 6.50. The van der Waals surface area contributed by atoms with E-state index in [4.69, 9.17) is 17.3 Å². The Bertz CT molecular complexity index is 536. The molecule has 1 saturated heterocycles. The van der Waals surface area contributed by atoms with Gasteiger partial charge in [-0.1, -0.05) is 18.5 Å². The van der Waals surface area contributed by atoms with Gasteiger partial charge in [0.05, 0.1) is 11.5 Å². The second-order valence-corrected chi connectivity index (χ2v) is 6.45. The fraction of sp³-hybridized carbons (Fsp3) is 0.429. The lowest BCUT2D eigenvalue weighted by molar-refractivity contribution is -0.121. The Hall–Kier alpha value is -1.20. The maximum Gasteiger partial charge on any atom is 0.255 e. The molecule has 6 heteroatoms. The zero-order valence-corrected chi connectivity index (χ0v) is 12.8. The predicted molar refractivity (Wildman–Crippen MR) is 81.1 cm³/mol. The third-order valence-electron chi connectivity index (χ3n) is 3.35. The highest BCUT2D eigenvalue weighted by Gasteiger charge is 2.31. The fourth-order valence-corrected chi connectivity index (χ4v) is 3.25. The Morgan fingerprint density at radius 2 is 2.25 bits per heavy atom. The molecule has 2 amide bonds. The fourth-order valence-electron chi connectivity index (χ4n) is 2.30. The summed E-state index contributed by atoms with van der Waals surface area (Å²) in [5, 5.41) is 0.541. The van der Waals surface area contributed by atoms with Crippen LogP contribution in [0.5, 0.6) is 0 Å². The van der Waals surface area contributed by atoms with Crippen LogP contribution in [0.1, 0.15) is 23.7 Å². The maximum absolute atomic E-state index is 12.6. The number of likely N-dealkylation sites (tertiary alicyclic amines) is 1. The van der Waals surface area contributed by atoms with E-state index in [1.54, 1.807) is 28.8 Å². The minimum Gasteiger partial charge on any atom is -0.369 e. The van der Waals surface area contributed by atoms with E-state index < -0.39 is 0 Å². The van der Waals surface area contributed by atoms with E-state index >= 15 is 0 Å². The first-order valence-electron chi connectivity index (χ1n) is 6.54. The van der Waals surface area contributed by atoms with Gasteiger partial charge >= 0.3 is 0 Å². The molecule has 1 aromatic rings. The SMILES string of the molecule is CCSc1ccc(Cl)cc1C(=O)N1CCC(C(N)=O)C1. The molecule has 1 fully saturated rings. The molecule has 0 radical (unpaired) electrons. The highest BCUT2D eigenvalue weighted by Crippen LogP contribution is 2.28. The molecule has 108 valence electrons. The highest BCUT2D eigenvalue weighted by atomic mass is 35.5. The molecule has 0 spiro atoms. The summed E-state index contributed by atoms with van der Waals surface area (Å²) in [6.07, 6.45) is 0.637. The van der Waals surface area contributed by atoms with E-state index in [2.05, 4.69) is 0 Å². The van der Waals surface area contributed by atoms with Crippen molar-refractivity contribution < 1.29 is 9.59 Å². The molecule has 0 bridgehead atoms. The number of amides is 2. The molecule has 1 aromatic carbocycles. The lowest BCUT2D eigenvalue weighted by Gasteiger charge is -2.18. The van der Waals surface area contributed by atoms with Crippen molar-refractivity contribution in [3.8, 4) is 0 Å². The van der Waals surface area contributed by atoms with Crippen molar-refractivity contribution in [3.05, 3.63) is 28.8 Å². The minimum atomic E-state index is -0.338. The van der Waals surface area contributed by atoms with Crippen LogP contribution in [0.15, 0.2) is 23.1 Å². The van der Waals surface area contributed by atoms with E-state index in [1.807, 2.05) is 13.0 Å². The molecule has 1 aliphatic heterocycles. The average Bonchev–Trinajstić information content (AvgIpc) is 2.90. The smallest absolute Gasteiger partial charge is 0.255 e. The lowest BCUT2D eigenvalue weighted by atomic mass is 10.1. The zero-order valence-electron chi connectivity index (χ0n) is 11.3. The maximum atomic E-state index is 12.6. The number of thioether (sulfide) groups is 1. The Morgan fingerprint density at radius 1 is 1.50 bits per heavy atom. The molecule has 20 heavy (non-hydrogen) atoms. The van der Waals surface area contributed by atoms with Gasteiger partial charge in [-0.2, -0.15) is 0 Å². The molecule has 1 aliphatic rings. The molecule has 0 aromatic heterocycles. The zero-order chi connectivity index (χ0) is 14.7. The van der Waals surface area contributed by atoms with E-state index in [-0.39, 0.29) is 17.7 Å². The third-order valence-corrected chi connectivity index (χ3v) is 4.54. The van der Waals surface area contributed by atoms with E-state index in [0.29, 0.717) is 30.1 Å². The molecule has 2 N–H and O–H groups in total. The summed E-state index contributed by atoms with van der Waals surface area (Å²) in [5.74, 6) is 0.230. The van der Waals surface area contributed by atoms with Crippen LogP contribution in [0.25, 0.3) is 0 Å². The van der Waals surface area contributed by atoms with Crippen LogP contribution in [0.4, 0.5) is 0 Å². The highest BCUT2D eigenvalue weighted by molar-refractivity contribution is 7.99. The Balaban J connectivity index is 2.21. The second-order valence-electron chi connectivity index (χ2n) is 4.71. The number of primary amides is 1. The summed E-state index contributed by atoms with van der Waals surface area (Å²) in [6.45, 7) is 3.00. The largest absolute Gasteiger partial charge is 0.369 e. The molecule has 1 unspecified atom stereocenters. The van der Waals surface area contributed by atoms with Crippen LogP contribution in [-0.2, 0) is 4.79 Å². The Kier molecular flexibility index (Phi) is 4.94. The van der Waals surface area contributed by atoms with Crippen LogP contribution in [0, 0.1) is 5.92 Å². The number of nitrogens with zero attached hydrogens (tertiary/aromatic N) is 1. The van der Waals surface area contributed by atoms with Crippen LogP contribution < -0.4 is 5.73 Å². The standard InChI is InChI=1S/C14H17ClN2O2S/c1-2-20-12-4-3-10(15)7-11(12)14(19)17-6-5-9(8-17)13(16)18/h3-4,7,9H,2,5-6,8H2,1H3,(H2,16,18). The number of hydrogen-bond acceptors (Lipinski definition) is 3. The normalized spacial score (nSPS) is 18.3.